The van der Waals surface area contributed by atoms with Crippen molar-refractivity contribution in [1.29, 1.82) is 0 Å². The third-order valence-corrected chi connectivity index (χ3v) is 2.88. The molecule has 1 heterocycles. The van der Waals surface area contributed by atoms with Gasteiger partial charge in [0.15, 0.2) is 0 Å². The molecule has 0 aromatic heterocycles. The monoisotopic (exact) mass is 224 g/mol. The van der Waals surface area contributed by atoms with Crippen LogP contribution in [-0.2, 0) is 9.47 Å². The first-order chi connectivity index (χ1) is 6.97. The van der Waals surface area contributed by atoms with Crippen molar-refractivity contribution in [3.8, 4) is 11.5 Å². The lowest BCUT2D eigenvalue weighted by Crippen LogP contribution is -2.39. The van der Waals surface area contributed by atoms with Crippen LogP contribution in [0.15, 0.2) is 12.7 Å². The molecule has 1 fully saturated rings. The highest BCUT2D eigenvalue weighted by atomic mass is 28.3. The van der Waals surface area contributed by atoms with E-state index in [1.165, 1.54) is 0 Å². The fourth-order valence-electron chi connectivity index (χ4n) is 1.29. The summed E-state index contributed by atoms with van der Waals surface area (Å²) in [6.07, 6.45) is 3.40. The van der Waals surface area contributed by atoms with Crippen LogP contribution in [-0.4, -0.2) is 27.1 Å². The average molecular weight is 224 g/mol. The summed E-state index contributed by atoms with van der Waals surface area (Å²) in [7, 11) is -1.37. The van der Waals surface area contributed by atoms with Crippen LogP contribution in [0, 0.1) is 11.5 Å². The summed E-state index contributed by atoms with van der Waals surface area (Å²) in [6, 6.07) is 0. The molecule has 0 aliphatic carbocycles. The van der Waals surface area contributed by atoms with E-state index in [4.69, 9.17) is 9.47 Å². The number of hydrogen-bond acceptors (Lipinski definition) is 2. The zero-order chi connectivity index (χ0) is 11.4. The van der Waals surface area contributed by atoms with Crippen LogP contribution in [0.3, 0.4) is 0 Å². The molecule has 0 bridgehead atoms. The third kappa shape index (κ3) is 4.21. The molecule has 0 saturated carbocycles. The van der Waals surface area contributed by atoms with Gasteiger partial charge in [0.1, 0.15) is 8.07 Å². The molecule has 0 atom stereocenters. The van der Waals surface area contributed by atoms with Gasteiger partial charge < -0.3 is 9.47 Å². The van der Waals surface area contributed by atoms with Crippen LogP contribution >= 0.6 is 0 Å². The van der Waals surface area contributed by atoms with Gasteiger partial charge in [0.2, 0.25) is 5.79 Å². The first kappa shape index (κ1) is 12.5. The number of hydrogen-bond donors (Lipinski definition) is 0. The van der Waals surface area contributed by atoms with Gasteiger partial charge in [-0.1, -0.05) is 25.7 Å². The number of ether oxygens (including phenoxy) is 2. The molecule has 84 valence electrons. The lowest BCUT2D eigenvalue weighted by Gasteiger charge is -2.32. The normalized spacial score (nSPS) is 20.2. The maximum atomic E-state index is 5.66. The van der Waals surface area contributed by atoms with Gasteiger partial charge in [0, 0.05) is 6.42 Å². The maximum absolute atomic E-state index is 5.66. The highest BCUT2D eigenvalue weighted by Gasteiger charge is 2.31. The Morgan fingerprint density at radius 2 is 1.93 bits per heavy atom. The van der Waals surface area contributed by atoms with Crippen LogP contribution in [0.4, 0.5) is 0 Å². The largest absolute Gasteiger partial charge is 0.339 e. The molecule has 1 aliphatic rings. The zero-order valence-corrected chi connectivity index (χ0v) is 10.9. The van der Waals surface area contributed by atoms with Crippen molar-refractivity contribution < 1.29 is 9.47 Å². The fourth-order valence-corrected chi connectivity index (χ4v) is 1.85. The molecule has 0 spiro atoms. The van der Waals surface area contributed by atoms with E-state index in [0.29, 0.717) is 6.42 Å². The molecule has 0 unspecified atom stereocenters. The molecule has 0 aromatic rings. The summed E-state index contributed by atoms with van der Waals surface area (Å²) >= 11 is 0. The Hall–Kier alpha value is -0.563. The second kappa shape index (κ2) is 4.98. The van der Waals surface area contributed by atoms with Crippen molar-refractivity contribution in [3.63, 3.8) is 0 Å². The SMILES string of the molecule is C=CCC1(C#C[Si](C)(C)C)OCCCO1. The summed E-state index contributed by atoms with van der Waals surface area (Å²) in [5, 5.41) is 0. The van der Waals surface area contributed by atoms with Crippen LogP contribution in [0.2, 0.25) is 19.6 Å². The van der Waals surface area contributed by atoms with Gasteiger partial charge in [0.05, 0.1) is 13.2 Å². The van der Waals surface area contributed by atoms with Gasteiger partial charge in [-0.05, 0) is 12.3 Å². The van der Waals surface area contributed by atoms with E-state index in [1.54, 1.807) is 0 Å². The minimum absolute atomic E-state index is 0.643. The third-order valence-electron chi connectivity index (χ3n) is 2.00. The van der Waals surface area contributed by atoms with Crippen LogP contribution in [0.1, 0.15) is 12.8 Å². The van der Waals surface area contributed by atoms with Gasteiger partial charge >= 0.3 is 0 Å². The van der Waals surface area contributed by atoms with Crippen molar-refractivity contribution in [1.82, 2.24) is 0 Å². The number of rotatable bonds is 2. The molecular formula is C12H20O2Si. The predicted molar refractivity (Wildman–Crippen MR) is 65.2 cm³/mol. The van der Waals surface area contributed by atoms with Crippen molar-refractivity contribution in [2.45, 2.75) is 38.3 Å². The van der Waals surface area contributed by atoms with Gasteiger partial charge in [-0.25, -0.2) is 0 Å². The zero-order valence-electron chi connectivity index (χ0n) is 9.93. The standard InChI is InChI=1S/C12H20O2Si/c1-5-7-12(8-11-15(2,3)4)13-9-6-10-14-12/h5H,1,6-7,9-10H2,2-4H3. The predicted octanol–water partition coefficient (Wildman–Crippen LogP) is 2.58. The van der Waals surface area contributed by atoms with E-state index >= 15 is 0 Å². The van der Waals surface area contributed by atoms with Gasteiger partial charge in [-0.3, -0.25) is 0 Å². The summed E-state index contributed by atoms with van der Waals surface area (Å²) in [5.74, 6) is 2.46. The second-order valence-electron chi connectivity index (χ2n) is 4.80. The Morgan fingerprint density at radius 3 is 2.40 bits per heavy atom. The molecule has 15 heavy (non-hydrogen) atoms. The molecule has 0 N–H and O–H groups in total. The van der Waals surface area contributed by atoms with Crippen LogP contribution < -0.4 is 0 Å². The molecule has 1 rings (SSSR count). The molecular weight excluding hydrogens is 204 g/mol. The Labute approximate surface area is 93.7 Å². The minimum Gasteiger partial charge on any atom is -0.339 e. The van der Waals surface area contributed by atoms with Crippen molar-refractivity contribution in [3.05, 3.63) is 12.7 Å². The Bertz CT molecular complexity index is 274. The smallest absolute Gasteiger partial charge is 0.236 e. The highest BCUT2D eigenvalue weighted by molar-refractivity contribution is 6.83. The summed E-state index contributed by atoms with van der Waals surface area (Å²) < 4.78 is 11.3. The molecule has 0 amide bonds. The van der Waals surface area contributed by atoms with Gasteiger partial charge in [0.25, 0.3) is 0 Å². The Balaban J connectivity index is 2.79. The molecule has 1 saturated heterocycles. The van der Waals surface area contributed by atoms with Crippen molar-refractivity contribution >= 4 is 8.07 Å². The van der Waals surface area contributed by atoms with Crippen LogP contribution in [0.25, 0.3) is 0 Å². The van der Waals surface area contributed by atoms with E-state index in [1.807, 2.05) is 6.08 Å². The Morgan fingerprint density at radius 1 is 1.33 bits per heavy atom. The molecule has 0 radical (unpaired) electrons. The minimum atomic E-state index is -1.37. The first-order valence-corrected chi connectivity index (χ1v) is 8.91. The first-order valence-electron chi connectivity index (χ1n) is 5.41. The lowest BCUT2D eigenvalue weighted by molar-refractivity contribution is -0.227. The van der Waals surface area contributed by atoms with Crippen molar-refractivity contribution in [2.75, 3.05) is 13.2 Å². The molecule has 0 aromatic carbocycles. The average Bonchev–Trinajstić information content (AvgIpc) is 2.16. The molecule has 2 nitrogen and oxygen atoms in total. The molecule has 3 heteroatoms. The molecule has 1 aliphatic heterocycles. The van der Waals surface area contributed by atoms with E-state index in [0.717, 1.165) is 19.6 Å². The summed E-state index contributed by atoms with van der Waals surface area (Å²) in [6.45, 7) is 11.8. The van der Waals surface area contributed by atoms with E-state index < -0.39 is 13.9 Å². The lowest BCUT2D eigenvalue weighted by atomic mass is 10.2. The topological polar surface area (TPSA) is 18.5 Å². The second-order valence-corrected chi connectivity index (χ2v) is 9.55. The van der Waals surface area contributed by atoms with Crippen molar-refractivity contribution in [2.24, 2.45) is 0 Å². The summed E-state index contributed by atoms with van der Waals surface area (Å²) in [5.41, 5.74) is 3.31. The van der Waals surface area contributed by atoms with Gasteiger partial charge in [-0.15, -0.1) is 12.1 Å². The maximum Gasteiger partial charge on any atom is 0.236 e. The quantitative estimate of drug-likeness (QED) is 0.408. The van der Waals surface area contributed by atoms with E-state index in [2.05, 4.69) is 37.7 Å². The summed E-state index contributed by atoms with van der Waals surface area (Å²) in [4.78, 5) is 0. The van der Waals surface area contributed by atoms with Crippen LogP contribution in [0.5, 0.6) is 0 Å². The van der Waals surface area contributed by atoms with E-state index in [-0.39, 0.29) is 0 Å². The van der Waals surface area contributed by atoms with Gasteiger partial charge in [-0.2, -0.15) is 0 Å². The van der Waals surface area contributed by atoms with E-state index in [9.17, 15) is 0 Å². The Kier molecular flexibility index (Phi) is 4.15. The fraction of sp³-hybridized carbons (Fsp3) is 0.667. The highest BCUT2D eigenvalue weighted by Crippen LogP contribution is 2.22.